The van der Waals surface area contributed by atoms with Crippen molar-refractivity contribution in [2.75, 3.05) is 7.11 Å². The molecule has 1 aromatic rings. The van der Waals surface area contributed by atoms with Gasteiger partial charge in [0.05, 0.1) is 12.7 Å². The van der Waals surface area contributed by atoms with E-state index in [1.54, 1.807) is 0 Å². The van der Waals surface area contributed by atoms with Gasteiger partial charge in [-0.25, -0.2) is 4.39 Å². The third-order valence-electron chi connectivity index (χ3n) is 1.56. The van der Waals surface area contributed by atoms with Gasteiger partial charge < -0.3 is 15.7 Å². The Morgan fingerprint density at radius 2 is 2.31 bits per heavy atom. The average Bonchev–Trinajstić information content (AvgIpc) is 2.17. The van der Waals surface area contributed by atoms with Crippen molar-refractivity contribution in [2.24, 2.45) is 10.9 Å². The van der Waals surface area contributed by atoms with Crippen LogP contribution < -0.4 is 10.5 Å². The molecule has 0 saturated heterocycles. The minimum Gasteiger partial charge on any atom is -0.497 e. The molecule has 0 unspecified atom stereocenters. The lowest BCUT2D eigenvalue weighted by Crippen LogP contribution is -2.15. The number of hydrogen-bond acceptors (Lipinski definition) is 3. The van der Waals surface area contributed by atoms with E-state index < -0.39 is 5.82 Å². The second kappa shape index (κ2) is 3.75. The van der Waals surface area contributed by atoms with E-state index in [1.165, 1.54) is 25.3 Å². The highest BCUT2D eigenvalue weighted by Gasteiger charge is 2.07. The Bertz CT molecular complexity index is 339. The minimum atomic E-state index is -0.559. The predicted molar refractivity (Wildman–Crippen MR) is 45.5 cm³/mol. The van der Waals surface area contributed by atoms with Crippen molar-refractivity contribution in [1.82, 2.24) is 0 Å². The summed E-state index contributed by atoms with van der Waals surface area (Å²) in [4.78, 5) is 0. The molecule has 0 bridgehead atoms. The smallest absolute Gasteiger partial charge is 0.173 e. The molecule has 0 radical (unpaired) electrons. The molecule has 3 N–H and O–H groups in total. The van der Waals surface area contributed by atoms with Gasteiger partial charge in [0, 0.05) is 0 Å². The van der Waals surface area contributed by atoms with E-state index in [0.29, 0.717) is 5.75 Å². The first kappa shape index (κ1) is 9.31. The number of hydrogen-bond donors (Lipinski definition) is 2. The van der Waals surface area contributed by atoms with Crippen molar-refractivity contribution in [1.29, 1.82) is 0 Å². The number of nitrogens with zero attached hydrogens (tertiary/aromatic N) is 1. The Hall–Kier alpha value is -1.78. The van der Waals surface area contributed by atoms with Crippen LogP contribution in [-0.2, 0) is 0 Å². The molecule has 13 heavy (non-hydrogen) atoms. The lowest BCUT2D eigenvalue weighted by Gasteiger charge is -2.03. The number of ether oxygens (including phenoxy) is 1. The van der Waals surface area contributed by atoms with E-state index in [-0.39, 0.29) is 11.4 Å². The second-order valence-electron chi connectivity index (χ2n) is 2.33. The zero-order valence-corrected chi connectivity index (χ0v) is 6.99. The summed E-state index contributed by atoms with van der Waals surface area (Å²) >= 11 is 0. The number of amidine groups is 1. The number of rotatable bonds is 2. The molecule has 0 atom stereocenters. The van der Waals surface area contributed by atoms with Crippen LogP contribution in [0, 0.1) is 5.82 Å². The molecule has 0 fully saturated rings. The molecule has 4 nitrogen and oxygen atoms in total. The van der Waals surface area contributed by atoms with Crippen LogP contribution in [0.1, 0.15) is 5.56 Å². The summed E-state index contributed by atoms with van der Waals surface area (Å²) in [6.45, 7) is 0. The molecule has 0 aliphatic rings. The van der Waals surface area contributed by atoms with Crippen molar-refractivity contribution in [3.63, 3.8) is 0 Å². The van der Waals surface area contributed by atoms with Crippen molar-refractivity contribution >= 4 is 5.84 Å². The van der Waals surface area contributed by atoms with Crippen LogP contribution in [0.2, 0.25) is 0 Å². The first-order chi connectivity index (χ1) is 6.19. The fraction of sp³-hybridized carbons (Fsp3) is 0.125. The average molecular weight is 184 g/mol. The zero-order chi connectivity index (χ0) is 9.84. The van der Waals surface area contributed by atoms with Crippen LogP contribution in [0.3, 0.4) is 0 Å². The van der Waals surface area contributed by atoms with Gasteiger partial charge in [-0.2, -0.15) is 0 Å². The summed E-state index contributed by atoms with van der Waals surface area (Å²) in [6, 6.07) is 3.99. The summed E-state index contributed by atoms with van der Waals surface area (Å²) in [5.41, 5.74) is 5.24. The van der Waals surface area contributed by atoms with Crippen LogP contribution in [0.15, 0.2) is 23.4 Å². The number of oxime groups is 1. The van der Waals surface area contributed by atoms with Gasteiger partial charge in [-0.15, -0.1) is 0 Å². The molecular formula is C8H9FN2O2. The van der Waals surface area contributed by atoms with Crippen molar-refractivity contribution in [2.45, 2.75) is 0 Å². The van der Waals surface area contributed by atoms with E-state index in [2.05, 4.69) is 5.16 Å². The van der Waals surface area contributed by atoms with Gasteiger partial charge >= 0.3 is 0 Å². The van der Waals surface area contributed by atoms with E-state index in [1.807, 2.05) is 0 Å². The fourth-order valence-electron chi connectivity index (χ4n) is 0.882. The molecule has 5 heteroatoms. The Balaban J connectivity index is 3.19. The monoisotopic (exact) mass is 184 g/mol. The highest BCUT2D eigenvalue weighted by molar-refractivity contribution is 5.97. The van der Waals surface area contributed by atoms with Gasteiger partial charge in [0.15, 0.2) is 5.84 Å². The molecule has 0 aliphatic carbocycles. The van der Waals surface area contributed by atoms with E-state index in [9.17, 15) is 4.39 Å². The zero-order valence-electron chi connectivity index (χ0n) is 6.99. The van der Waals surface area contributed by atoms with Gasteiger partial charge in [-0.1, -0.05) is 5.16 Å². The summed E-state index contributed by atoms with van der Waals surface area (Å²) in [6.07, 6.45) is 0. The molecule has 1 aromatic carbocycles. The maximum Gasteiger partial charge on any atom is 0.173 e. The van der Waals surface area contributed by atoms with Crippen LogP contribution in [0.25, 0.3) is 0 Å². The Labute approximate surface area is 74.4 Å². The lowest BCUT2D eigenvalue weighted by molar-refractivity contribution is 0.318. The molecule has 0 aromatic heterocycles. The topological polar surface area (TPSA) is 67.8 Å². The maximum atomic E-state index is 13.0. The quantitative estimate of drug-likeness (QED) is 0.311. The number of benzene rings is 1. The molecule has 0 spiro atoms. The Morgan fingerprint density at radius 3 is 2.85 bits per heavy atom. The highest BCUT2D eigenvalue weighted by atomic mass is 19.1. The van der Waals surface area contributed by atoms with Crippen LogP contribution in [-0.4, -0.2) is 18.2 Å². The molecule has 70 valence electrons. The minimum absolute atomic E-state index is 0.0156. The molecule has 0 saturated carbocycles. The van der Waals surface area contributed by atoms with E-state index in [0.717, 1.165) is 0 Å². The molecule has 0 heterocycles. The number of nitrogens with two attached hydrogens (primary N) is 1. The maximum absolute atomic E-state index is 13.0. The van der Waals surface area contributed by atoms with Crippen LogP contribution >= 0.6 is 0 Å². The SMILES string of the molecule is COc1ccc(F)c(/C(N)=N/O)c1. The first-order valence-electron chi connectivity index (χ1n) is 3.50. The van der Waals surface area contributed by atoms with E-state index >= 15 is 0 Å². The van der Waals surface area contributed by atoms with Gasteiger partial charge in [0.2, 0.25) is 0 Å². The normalized spacial score (nSPS) is 11.4. The predicted octanol–water partition coefficient (Wildman–Crippen LogP) is 0.929. The van der Waals surface area contributed by atoms with Crippen molar-refractivity contribution in [3.05, 3.63) is 29.6 Å². The van der Waals surface area contributed by atoms with Gasteiger partial charge in [-0.05, 0) is 18.2 Å². The third-order valence-corrected chi connectivity index (χ3v) is 1.56. The standard InChI is InChI=1S/C8H9FN2O2/c1-13-5-2-3-7(9)6(4-5)8(10)11-12/h2-4,12H,1H3,(H2,10,11). The van der Waals surface area contributed by atoms with E-state index in [4.69, 9.17) is 15.7 Å². The summed E-state index contributed by atoms with van der Waals surface area (Å²) < 4.78 is 17.9. The lowest BCUT2D eigenvalue weighted by atomic mass is 10.2. The number of halogens is 1. The van der Waals surface area contributed by atoms with Gasteiger partial charge in [-0.3, -0.25) is 0 Å². The fourth-order valence-corrected chi connectivity index (χ4v) is 0.882. The Morgan fingerprint density at radius 1 is 1.62 bits per heavy atom. The van der Waals surface area contributed by atoms with Gasteiger partial charge in [0.1, 0.15) is 11.6 Å². The van der Waals surface area contributed by atoms with Crippen LogP contribution in [0.4, 0.5) is 4.39 Å². The van der Waals surface area contributed by atoms with Crippen LogP contribution in [0.5, 0.6) is 5.75 Å². The molecular weight excluding hydrogens is 175 g/mol. The van der Waals surface area contributed by atoms with Crippen molar-refractivity contribution < 1.29 is 14.3 Å². The van der Waals surface area contributed by atoms with Gasteiger partial charge in [0.25, 0.3) is 0 Å². The largest absolute Gasteiger partial charge is 0.497 e. The highest BCUT2D eigenvalue weighted by Crippen LogP contribution is 2.15. The Kier molecular flexibility index (Phi) is 2.69. The number of methoxy groups -OCH3 is 1. The second-order valence-corrected chi connectivity index (χ2v) is 2.33. The molecule has 0 amide bonds. The summed E-state index contributed by atoms with van der Waals surface area (Å²) in [5.74, 6) is -0.393. The summed E-state index contributed by atoms with van der Waals surface area (Å²) in [5, 5.41) is 11.0. The molecule has 0 aliphatic heterocycles. The molecule has 1 rings (SSSR count). The van der Waals surface area contributed by atoms with Crippen molar-refractivity contribution in [3.8, 4) is 5.75 Å². The summed E-state index contributed by atoms with van der Waals surface area (Å²) in [7, 11) is 1.45. The third kappa shape index (κ3) is 1.87. The first-order valence-corrected chi connectivity index (χ1v) is 3.50.